The second-order valence-electron chi connectivity index (χ2n) is 4.25. The summed E-state index contributed by atoms with van der Waals surface area (Å²) in [5.41, 5.74) is 6.08. The maximum absolute atomic E-state index is 10.1. The van der Waals surface area contributed by atoms with E-state index in [-0.39, 0.29) is 6.54 Å². The number of halogens is 1. The minimum absolute atomic E-state index is 0.207. The molecule has 17 heavy (non-hydrogen) atoms. The molecule has 1 aliphatic heterocycles. The first kappa shape index (κ1) is 12.8. The molecule has 1 saturated heterocycles. The fourth-order valence-corrected chi connectivity index (χ4v) is 2.51. The van der Waals surface area contributed by atoms with Crippen molar-refractivity contribution < 1.29 is 14.6 Å². The van der Waals surface area contributed by atoms with Crippen LogP contribution in [-0.4, -0.2) is 38.1 Å². The van der Waals surface area contributed by atoms with E-state index in [1.165, 1.54) is 0 Å². The first-order valence-corrected chi connectivity index (χ1v) is 6.23. The van der Waals surface area contributed by atoms with Crippen molar-refractivity contribution in [3.8, 4) is 5.75 Å². The molecule has 1 unspecified atom stereocenters. The molecule has 4 nitrogen and oxygen atoms in total. The molecule has 0 radical (unpaired) electrons. The molecule has 1 aromatic rings. The zero-order valence-corrected chi connectivity index (χ0v) is 11.2. The van der Waals surface area contributed by atoms with Gasteiger partial charge in [0.15, 0.2) is 0 Å². The molecular formula is C12H16BrNO3. The van der Waals surface area contributed by atoms with Crippen LogP contribution in [0.4, 0.5) is 0 Å². The van der Waals surface area contributed by atoms with Crippen LogP contribution in [0.2, 0.25) is 0 Å². The third kappa shape index (κ3) is 2.08. The standard InChI is InChI=1S/C12H16BrNO3/c1-16-10-3-2-8(13)4-9(10)12(6-17-7-12)11(15)5-14/h2-4,11,15H,5-7,14H2,1H3. The summed E-state index contributed by atoms with van der Waals surface area (Å²) in [7, 11) is 1.62. The van der Waals surface area contributed by atoms with Crippen LogP contribution < -0.4 is 10.5 Å². The molecule has 2 rings (SSSR count). The Balaban J connectivity index is 2.46. The van der Waals surface area contributed by atoms with Crippen LogP contribution in [0.25, 0.3) is 0 Å². The monoisotopic (exact) mass is 301 g/mol. The third-order valence-corrected chi connectivity index (χ3v) is 3.77. The van der Waals surface area contributed by atoms with Crippen LogP contribution in [0.1, 0.15) is 5.56 Å². The zero-order chi connectivity index (χ0) is 12.5. The largest absolute Gasteiger partial charge is 0.496 e. The fraction of sp³-hybridized carbons (Fsp3) is 0.500. The Labute approximate surface area is 109 Å². The maximum Gasteiger partial charge on any atom is 0.122 e. The van der Waals surface area contributed by atoms with Crippen molar-refractivity contribution in [2.24, 2.45) is 5.73 Å². The Kier molecular flexibility index (Phi) is 3.73. The molecule has 3 N–H and O–H groups in total. The van der Waals surface area contributed by atoms with E-state index < -0.39 is 11.5 Å². The van der Waals surface area contributed by atoms with Crippen molar-refractivity contribution in [2.75, 3.05) is 26.9 Å². The first-order valence-electron chi connectivity index (χ1n) is 5.44. The van der Waals surface area contributed by atoms with Gasteiger partial charge in [-0.3, -0.25) is 0 Å². The summed E-state index contributed by atoms with van der Waals surface area (Å²) < 4.78 is 11.6. The van der Waals surface area contributed by atoms with Crippen molar-refractivity contribution in [1.29, 1.82) is 0 Å². The highest BCUT2D eigenvalue weighted by molar-refractivity contribution is 9.10. The van der Waals surface area contributed by atoms with Crippen molar-refractivity contribution >= 4 is 15.9 Å². The predicted molar refractivity (Wildman–Crippen MR) is 68.3 cm³/mol. The van der Waals surface area contributed by atoms with Gasteiger partial charge in [-0.25, -0.2) is 0 Å². The van der Waals surface area contributed by atoms with Gasteiger partial charge in [0.2, 0.25) is 0 Å². The Hall–Kier alpha value is -0.620. The number of hydrogen-bond donors (Lipinski definition) is 2. The molecule has 1 aromatic carbocycles. The Morgan fingerprint density at radius 2 is 2.29 bits per heavy atom. The molecule has 5 heteroatoms. The first-order chi connectivity index (χ1) is 8.14. The normalized spacial score (nSPS) is 19.5. The van der Waals surface area contributed by atoms with Crippen LogP contribution >= 0.6 is 15.9 Å². The summed E-state index contributed by atoms with van der Waals surface area (Å²) in [4.78, 5) is 0. The van der Waals surface area contributed by atoms with E-state index in [1.54, 1.807) is 7.11 Å². The quantitative estimate of drug-likeness (QED) is 0.872. The molecule has 0 bridgehead atoms. The summed E-state index contributed by atoms with van der Waals surface area (Å²) in [6.07, 6.45) is -0.626. The van der Waals surface area contributed by atoms with Gasteiger partial charge in [-0.15, -0.1) is 0 Å². The molecular weight excluding hydrogens is 286 g/mol. The van der Waals surface area contributed by atoms with Gasteiger partial charge in [0.05, 0.1) is 31.8 Å². The molecule has 1 heterocycles. The number of aliphatic hydroxyl groups is 1. The topological polar surface area (TPSA) is 64.7 Å². The minimum Gasteiger partial charge on any atom is -0.496 e. The smallest absolute Gasteiger partial charge is 0.122 e. The molecule has 1 atom stereocenters. The minimum atomic E-state index is -0.626. The van der Waals surface area contributed by atoms with Gasteiger partial charge >= 0.3 is 0 Å². The lowest BCUT2D eigenvalue weighted by atomic mass is 9.73. The summed E-state index contributed by atoms with van der Waals surface area (Å²) >= 11 is 3.43. The van der Waals surface area contributed by atoms with Gasteiger partial charge in [0, 0.05) is 16.6 Å². The van der Waals surface area contributed by atoms with Crippen molar-refractivity contribution in [3.63, 3.8) is 0 Å². The van der Waals surface area contributed by atoms with Gasteiger partial charge in [-0.1, -0.05) is 15.9 Å². The number of rotatable bonds is 4. The van der Waals surface area contributed by atoms with Gasteiger partial charge in [-0.05, 0) is 18.2 Å². The van der Waals surface area contributed by atoms with E-state index in [1.807, 2.05) is 18.2 Å². The van der Waals surface area contributed by atoms with Crippen molar-refractivity contribution in [1.82, 2.24) is 0 Å². The predicted octanol–water partition coefficient (Wildman–Crippen LogP) is 1.05. The van der Waals surface area contributed by atoms with E-state index in [0.29, 0.717) is 13.2 Å². The third-order valence-electron chi connectivity index (χ3n) is 3.28. The van der Waals surface area contributed by atoms with Gasteiger partial charge in [0.1, 0.15) is 5.75 Å². The van der Waals surface area contributed by atoms with Gasteiger partial charge < -0.3 is 20.3 Å². The van der Waals surface area contributed by atoms with Crippen LogP contribution in [-0.2, 0) is 10.2 Å². The number of ether oxygens (including phenoxy) is 2. The number of nitrogens with two attached hydrogens (primary N) is 1. The van der Waals surface area contributed by atoms with Crippen LogP contribution in [0.5, 0.6) is 5.75 Å². The maximum atomic E-state index is 10.1. The molecule has 0 spiro atoms. The Morgan fingerprint density at radius 3 is 2.76 bits per heavy atom. The van der Waals surface area contributed by atoms with E-state index >= 15 is 0 Å². The zero-order valence-electron chi connectivity index (χ0n) is 9.65. The van der Waals surface area contributed by atoms with Gasteiger partial charge in [-0.2, -0.15) is 0 Å². The molecule has 1 aliphatic rings. The molecule has 0 aromatic heterocycles. The molecule has 1 fully saturated rings. The summed E-state index contributed by atoms with van der Waals surface area (Å²) in [5, 5.41) is 10.1. The molecule has 0 aliphatic carbocycles. The average molecular weight is 302 g/mol. The Bertz CT molecular complexity index is 407. The fourth-order valence-electron chi connectivity index (χ4n) is 2.14. The molecule has 0 saturated carbocycles. The molecule has 94 valence electrons. The second-order valence-corrected chi connectivity index (χ2v) is 5.16. The van der Waals surface area contributed by atoms with E-state index in [4.69, 9.17) is 15.2 Å². The number of aliphatic hydroxyl groups excluding tert-OH is 1. The lowest BCUT2D eigenvalue weighted by molar-refractivity contribution is -0.117. The Morgan fingerprint density at radius 1 is 1.59 bits per heavy atom. The lowest BCUT2D eigenvalue weighted by Crippen LogP contribution is -2.57. The van der Waals surface area contributed by atoms with Crippen LogP contribution in [0, 0.1) is 0 Å². The summed E-state index contributed by atoms with van der Waals surface area (Å²) in [6, 6.07) is 5.74. The highest BCUT2D eigenvalue weighted by atomic mass is 79.9. The number of hydrogen-bond acceptors (Lipinski definition) is 4. The van der Waals surface area contributed by atoms with E-state index in [9.17, 15) is 5.11 Å². The SMILES string of the molecule is COc1ccc(Br)cc1C1(C(O)CN)COC1. The van der Waals surface area contributed by atoms with Crippen LogP contribution in [0.15, 0.2) is 22.7 Å². The van der Waals surface area contributed by atoms with Crippen molar-refractivity contribution in [2.45, 2.75) is 11.5 Å². The number of methoxy groups -OCH3 is 1. The highest BCUT2D eigenvalue weighted by Gasteiger charge is 2.47. The summed E-state index contributed by atoms with van der Waals surface area (Å²) in [6.45, 7) is 1.15. The van der Waals surface area contributed by atoms with Crippen molar-refractivity contribution in [3.05, 3.63) is 28.2 Å². The molecule has 0 amide bonds. The lowest BCUT2D eigenvalue weighted by Gasteiger charge is -2.45. The van der Waals surface area contributed by atoms with Crippen LogP contribution in [0.3, 0.4) is 0 Å². The van der Waals surface area contributed by atoms with E-state index in [0.717, 1.165) is 15.8 Å². The number of benzene rings is 1. The average Bonchev–Trinajstić information content (AvgIpc) is 2.27. The van der Waals surface area contributed by atoms with Gasteiger partial charge in [0.25, 0.3) is 0 Å². The highest BCUT2D eigenvalue weighted by Crippen LogP contribution is 2.41. The second kappa shape index (κ2) is 4.94. The van der Waals surface area contributed by atoms with E-state index in [2.05, 4.69) is 15.9 Å². The summed E-state index contributed by atoms with van der Waals surface area (Å²) in [5.74, 6) is 0.754.